The van der Waals surface area contributed by atoms with E-state index in [0.29, 0.717) is 12.8 Å². The molecular formula is C63H97N3O36. The maximum atomic E-state index is 12.0. The molecule has 3 fully saturated rings. The predicted octanol–water partition coefficient (Wildman–Crippen LogP) is -2.88. The summed E-state index contributed by atoms with van der Waals surface area (Å²) >= 11 is 0. The monoisotopic (exact) mass is 1470 g/mol. The van der Waals surface area contributed by atoms with Crippen molar-refractivity contribution in [3.63, 3.8) is 0 Å². The molecule has 580 valence electrons. The zero-order chi connectivity index (χ0) is 77.8. The van der Waals surface area contributed by atoms with Gasteiger partial charge in [0.2, 0.25) is 23.8 Å². The highest BCUT2D eigenvalue weighted by atomic mass is 16.8. The lowest BCUT2D eigenvalue weighted by atomic mass is 9.98. The van der Waals surface area contributed by atoms with Crippen LogP contribution in [-0.2, 0) is 143 Å². The van der Waals surface area contributed by atoms with E-state index in [2.05, 4.69) is 16.0 Å². The normalized spacial score (nSPS) is 26.2. The molecule has 0 aromatic carbocycles. The maximum Gasteiger partial charge on any atom is 0.347 e. The molecule has 21 atom stereocenters. The number of hydrogen-bond donors (Lipinski definition) is 9. The van der Waals surface area contributed by atoms with Crippen molar-refractivity contribution in [3.05, 3.63) is 24.3 Å². The fraction of sp³-hybridized carbons (Fsp3) is 0.714. The molecule has 0 radical (unpaired) electrons. The maximum absolute atomic E-state index is 12.0. The van der Waals surface area contributed by atoms with Crippen LogP contribution in [0.1, 0.15) is 123 Å². The molecule has 3 saturated heterocycles. The molecule has 102 heavy (non-hydrogen) atoms. The number of carboxylic acid groups (broad SMARTS) is 1. The number of rotatable bonds is 34. The fourth-order valence-electron chi connectivity index (χ4n) is 9.54. The third-order valence-corrected chi connectivity index (χ3v) is 13.7. The van der Waals surface area contributed by atoms with Gasteiger partial charge in [-0.3, -0.25) is 62.3 Å². The second kappa shape index (κ2) is 47.0. The lowest BCUT2D eigenvalue weighted by molar-refractivity contribution is -0.309. The lowest BCUT2D eigenvalue weighted by Gasteiger charge is -2.44. The molecule has 39 nitrogen and oxygen atoms in total. The Kier molecular flexibility index (Phi) is 42.2. The first-order valence-corrected chi connectivity index (χ1v) is 31.9. The van der Waals surface area contributed by atoms with Crippen LogP contribution in [0.4, 0.5) is 0 Å². The van der Waals surface area contributed by atoms with Gasteiger partial charge in [-0.25, -0.2) is 4.79 Å². The van der Waals surface area contributed by atoms with Crippen molar-refractivity contribution in [3.8, 4) is 0 Å². The van der Waals surface area contributed by atoms with Crippen LogP contribution in [0.3, 0.4) is 0 Å². The summed E-state index contributed by atoms with van der Waals surface area (Å²) in [6.45, 7) is 15.9. The molecule has 0 spiro atoms. The van der Waals surface area contributed by atoms with Crippen LogP contribution < -0.4 is 16.0 Å². The number of aliphatic carboxylic acids is 1. The minimum Gasteiger partial charge on any atom is -0.478 e. The highest BCUT2D eigenvalue weighted by Gasteiger charge is 2.55. The largest absolute Gasteiger partial charge is 0.478 e. The number of carboxylic acids is 1. The van der Waals surface area contributed by atoms with Gasteiger partial charge in [0.15, 0.2) is 55.5 Å². The van der Waals surface area contributed by atoms with E-state index < -0.39 is 232 Å². The van der Waals surface area contributed by atoms with Crippen LogP contribution in [0.25, 0.3) is 0 Å². The van der Waals surface area contributed by atoms with Crippen molar-refractivity contribution in [1.82, 2.24) is 16.0 Å². The summed E-state index contributed by atoms with van der Waals surface area (Å²) in [5, 5.41) is 65.8. The molecule has 3 aliphatic rings. The molecule has 3 amide bonds. The summed E-state index contributed by atoms with van der Waals surface area (Å²) in [5.41, 5.74) is 0. The summed E-state index contributed by atoms with van der Waals surface area (Å²) in [6.07, 6.45) is -17.0. The molecule has 3 heterocycles. The molecule has 0 aromatic heterocycles. The van der Waals surface area contributed by atoms with Gasteiger partial charge in [0.1, 0.15) is 62.0 Å². The van der Waals surface area contributed by atoms with Gasteiger partial charge in [0, 0.05) is 89.5 Å². The first-order chi connectivity index (χ1) is 47.7. The van der Waals surface area contributed by atoms with Gasteiger partial charge in [0.25, 0.3) is 0 Å². The molecule has 0 bridgehead atoms. The van der Waals surface area contributed by atoms with Crippen molar-refractivity contribution in [2.24, 2.45) is 0 Å². The summed E-state index contributed by atoms with van der Waals surface area (Å²) in [4.78, 5) is 164. The van der Waals surface area contributed by atoms with Crippen LogP contribution in [0.2, 0.25) is 0 Å². The van der Waals surface area contributed by atoms with Crippen molar-refractivity contribution < 1.29 is 174 Å². The first kappa shape index (κ1) is 91.6. The molecular weight excluding hydrogens is 1370 g/mol. The van der Waals surface area contributed by atoms with Crippen LogP contribution in [0.15, 0.2) is 24.3 Å². The van der Waals surface area contributed by atoms with Crippen molar-refractivity contribution in [2.75, 3.05) is 39.6 Å². The van der Waals surface area contributed by atoms with Gasteiger partial charge in [-0.1, -0.05) is 39.0 Å². The molecule has 39 heteroatoms. The van der Waals surface area contributed by atoms with Gasteiger partial charge in [0.05, 0.1) is 44.6 Å². The quantitative estimate of drug-likeness (QED) is 0.0178. The number of esters is 10. The summed E-state index contributed by atoms with van der Waals surface area (Å²) < 4.78 is 85.6. The number of allylic oxidation sites excluding steroid dienone is 2. The van der Waals surface area contributed by atoms with E-state index >= 15 is 0 Å². The summed E-state index contributed by atoms with van der Waals surface area (Å²) in [6, 6.07) is -3.16. The minimum atomic E-state index is -1.89. The zero-order valence-electron chi connectivity index (χ0n) is 59.2. The molecule has 0 saturated carbocycles. The van der Waals surface area contributed by atoms with Crippen LogP contribution in [0, 0.1) is 0 Å². The smallest absolute Gasteiger partial charge is 0.347 e. The molecule has 9 N–H and O–H groups in total. The average Bonchev–Trinajstić information content (AvgIpc) is 0.796. The third kappa shape index (κ3) is 34.1. The van der Waals surface area contributed by atoms with Gasteiger partial charge >= 0.3 is 65.7 Å². The van der Waals surface area contributed by atoms with Gasteiger partial charge in [-0.2, -0.15) is 0 Å². The third-order valence-electron chi connectivity index (χ3n) is 13.7. The zero-order valence-corrected chi connectivity index (χ0v) is 59.2. The van der Waals surface area contributed by atoms with E-state index in [0.717, 1.165) is 69.2 Å². The number of carbonyl (C=O) groups excluding carboxylic acids is 13. The number of aliphatic hydroxyl groups excluding tert-OH is 5. The Bertz CT molecular complexity index is 2830. The highest BCUT2D eigenvalue weighted by molar-refractivity contribution is 5.80. The minimum absolute atomic E-state index is 0.205. The number of aliphatic hydroxyl groups is 5. The van der Waals surface area contributed by atoms with Crippen LogP contribution in [0.5, 0.6) is 0 Å². The standard InChI is InChI=1S/C25H37NO13.C22H31NO15.C16H29NO8/c1-8-9-10-20(35-15(4)29)19(26-13(2)27)11-34-25-24(38-18(7)32)23(37-17(6)31)22(36-16(5)30)21(39-25)12-33-14(3)28;1-9(24)23-15(17(21(30)31)34-11(3)26)7-33-22-20(37-14(6)29)19(36-13(5)28)18(35-12(4)27)16(38-22)8-32-10(2)25;1-3-5-6-10(19)9(17-12(20)4-2)8-24-16-15(23)14(22)13(21)11(7-18)25-16/h9-10,19-25H,8,11-12H2,1-7H3,(H,26,27);15-20,22H,7-8H2,1-6H3,(H,23,24)(H,30,31);5-6,9-11,13-16,18-19,21-23H,3-4,7-8H2,1-2H3,(H,17,20)/b10-9+;;6-5+/t19-,20+,21?,22-,23-,24?,25+;15-,16?,17-,18-,19-,20?,22+;9-,10+,11?,13-,14-,15?,16+/m000/s1. The second-order valence-electron chi connectivity index (χ2n) is 22.6. The Morgan fingerprint density at radius 3 is 1.17 bits per heavy atom. The predicted molar refractivity (Wildman–Crippen MR) is 337 cm³/mol. The average molecular weight is 1470 g/mol. The molecule has 3 aliphatic heterocycles. The Morgan fingerprint density at radius 1 is 0.422 bits per heavy atom. The Balaban J connectivity index is 0.000000784. The van der Waals surface area contributed by atoms with Gasteiger partial charge in [-0.15, -0.1) is 0 Å². The SMILES string of the molecule is CC(=O)N[C@@H](CO[C@@H]1OC(COC(C)=O)[C@H](OC(C)=O)[C@H](OC(C)=O)C1OC(C)=O)[C@H](OC(C)=O)C(=O)O.CC/C=C/[C@@H](O)[C@H](CO[C@@H]1OC(CO)[C@H](O)[C@H](O)C1O)NC(=O)CC.CC/C=C/[C@@H](OC(C)=O)[C@H](CO[C@@H]1OC(COC(C)=O)[C@H](OC(C)=O)[C@H](OC(C)=O)C1OC(C)=O)NC(C)=O. The number of carbonyl (C=O) groups is 14. The van der Waals surface area contributed by atoms with E-state index in [1.165, 1.54) is 19.9 Å². The van der Waals surface area contributed by atoms with Crippen LogP contribution >= 0.6 is 0 Å². The number of amides is 3. The molecule has 0 aliphatic carbocycles. The van der Waals surface area contributed by atoms with E-state index in [-0.39, 0.29) is 25.5 Å². The van der Waals surface area contributed by atoms with Gasteiger partial charge in [-0.05, 0) is 18.9 Å². The van der Waals surface area contributed by atoms with E-state index in [1.807, 2.05) is 13.8 Å². The van der Waals surface area contributed by atoms with Crippen molar-refractivity contribution in [1.29, 1.82) is 0 Å². The van der Waals surface area contributed by atoms with Crippen molar-refractivity contribution >= 4 is 83.4 Å². The lowest BCUT2D eigenvalue weighted by Crippen LogP contribution is -2.63. The Hall–Kier alpha value is -8.38. The summed E-state index contributed by atoms with van der Waals surface area (Å²) in [5.74, 6) is -10.9. The Morgan fingerprint density at radius 2 is 0.794 bits per heavy atom. The van der Waals surface area contributed by atoms with E-state index in [4.69, 9.17) is 80.9 Å². The van der Waals surface area contributed by atoms with Gasteiger partial charge < -0.3 is 122 Å². The Labute approximate surface area is 586 Å². The molecule has 3 rings (SSSR count). The number of nitrogens with one attached hydrogen (secondary N) is 3. The molecule has 6 unspecified atom stereocenters. The fourth-order valence-corrected chi connectivity index (χ4v) is 9.54. The summed E-state index contributed by atoms with van der Waals surface area (Å²) in [7, 11) is 0. The van der Waals surface area contributed by atoms with Crippen LogP contribution in [-0.4, -0.2) is 282 Å². The van der Waals surface area contributed by atoms with Crippen molar-refractivity contribution in [2.45, 2.75) is 252 Å². The molecule has 0 aromatic rings. The topological polar surface area (TPSA) is 544 Å². The highest BCUT2D eigenvalue weighted by Crippen LogP contribution is 2.32. The van der Waals surface area contributed by atoms with E-state index in [9.17, 15) is 92.7 Å². The van der Waals surface area contributed by atoms with E-state index in [1.54, 1.807) is 25.2 Å². The number of hydrogen-bond acceptors (Lipinski definition) is 35. The number of ether oxygens (including phenoxy) is 16. The first-order valence-electron chi connectivity index (χ1n) is 31.9. The second-order valence-corrected chi connectivity index (χ2v) is 22.6.